The highest BCUT2D eigenvalue weighted by Gasteiger charge is 2.19. The molecule has 3 rings (SSSR count). The Kier molecular flexibility index (Phi) is 7.13. The van der Waals surface area contributed by atoms with Gasteiger partial charge in [0.1, 0.15) is 17.1 Å². The lowest BCUT2D eigenvalue weighted by atomic mass is 9.95. The number of hydrogen-bond acceptors (Lipinski definition) is 4. The van der Waals surface area contributed by atoms with Crippen molar-refractivity contribution >= 4 is 11.0 Å². The van der Waals surface area contributed by atoms with Crippen LogP contribution in [0.4, 0.5) is 0 Å². The molecule has 0 saturated heterocycles. The van der Waals surface area contributed by atoms with Crippen LogP contribution < -0.4 is 10.6 Å². The summed E-state index contributed by atoms with van der Waals surface area (Å²) in [4.78, 5) is 0. The summed E-state index contributed by atoms with van der Waals surface area (Å²) in [6, 6.07) is 12.2. The minimum atomic E-state index is -0.0988. The summed E-state index contributed by atoms with van der Waals surface area (Å²) < 4.78 is 5.71. The Balaban J connectivity index is 2.10. The molecule has 0 bridgehead atoms. The number of furan rings is 1. The zero-order valence-electron chi connectivity index (χ0n) is 17.7. The topological polar surface area (TPSA) is 57.4 Å². The van der Waals surface area contributed by atoms with Gasteiger partial charge in [0.2, 0.25) is 0 Å². The molecule has 1 aromatic heterocycles. The van der Waals surface area contributed by atoms with Crippen LogP contribution in [0.15, 0.2) is 53.5 Å². The fourth-order valence-corrected chi connectivity index (χ4v) is 3.66. The van der Waals surface area contributed by atoms with Crippen LogP contribution in [-0.2, 0) is 6.42 Å². The van der Waals surface area contributed by atoms with Crippen LogP contribution >= 0.6 is 0 Å². The number of aromatic hydroxyl groups is 1. The molecule has 0 amide bonds. The number of rotatable bonds is 10. The Labute approximate surface area is 173 Å². The lowest BCUT2D eigenvalue weighted by molar-refractivity contribution is 0.407. The Morgan fingerprint density at radius 1 is 1.07 bits per heavy atom. The summed E-state index contributed by atoms with van der Waals surface area (Å²) in [6.07, 6.45) is 4.61. The Hall–Kier alpha value is -2.56. The number of phenols is 1. The standard InChI is InChI=1S/C25H32N2O2/c1-5-8-18-14-21(19-9-10-23-20(16-19)13-17(4)29-23)24(28)22(15-18)25(26-11-6-2)27-12-7-3/h5,9-10,13-16,25-28H,1,6-8,11-12H2,2-4H3. The summed E-state index contributed by atoms with van der Waals surface area (Å²) in [5.74, 6) is 1.20. The summed E-state index contributed by atoms with van der Waals surface area (Å²) in [7, 11) is 0. The van der Waals surface area contributed by atoms with Crippen LogP contribution in [0.2, 0.25) is 0 Å². The van der Waals surface area contributed by atoms with Crippen molar-refractivity contribution < 1.29 is 9.52 Å². The second kappa shape index (κ2) is 9.77. The summed E-state index contributed by atoms with van der Waals surface area (Å²) >= 11 is 0. The molecule has 0 aliphatic carbocycles. The van der Waals surface area contributed by atoms with E-state index < -0.39 is 0 Å². The molecule has 29 heavy (non-hydrogen) atoms. The van der Waals surface area contributed by atoms with Crippen molar-refractivity contribution in [2.75, 3.05) is 13.1 Å². The predicted octanol–water partition coefficient (Wildman–Crippen LogP) is 5.84. The minimum Gasteiger partial charge on any atom is -0.507 e. The molecule has 0 saturated carbocycles. The zero-order chi connectivity index (χ0) is 20.8. The molecule has 1 heterocycles. The first-order valence-electron chi connectivity index (χ1n) is 10.5. The van der Waals surface area contributed by atoms with Crippen LogP contribution in [0.3, 0.4) is 0 Å². The van der Waals surface area contributed by atoms with E-state index >= 15 is 0 Å². The number of aryl methyl sites for hydroxylation is 1. The van der Waals surface area contributed by atoms with Crippen molar-refractivity contribution in [3.8, 4) is 16.9 Å². The van der Waals surface area contributed by atoms with Gasteiger partial charge in [0.15, 0.2) is 0 Å². The third-order valence-electron chi connectivity index (χ3n) is 5.04. The van der Waals surface area contributed by atoms with Gasteiger partial charge in [-0.2, -0.15) is 0 Å². The van der Waals surface area contributed by atoms with E-state index in [2.05, 4.69) is 49.3 Å². The lowest BCUT2D eigenvalue weighted by Crippen LogP contribution is -2.35. The van der Waals surface area contributed by atoms with Crippen LogP contribution in [0.1, 0.15) is 49.7 Å². The molecule has 3 aromatic rings. The molecule has 0 radical (unpaired) electrons. The second-order valence-electron chi connectivity index (χ2n) is 7.52. The molecule has 0 aliphatic heterocycles. The first-order valence-corrected chi connectivity index (χ1v) is 10.5. The molecular formula is C25H32N2O2. The molecule has 3 N–H and O–H groups in total. The largest absolute Gasteiger partial charge is 0.507 e. The van der Waals surface area contributed by atoms with Crippen LogP contribution in [0.25, 0.3) is 22.1 Å². The van der Waals surface area contributed by atoms with Crippen LogP contribution in [0.5, 0.6) is 5.75 Å². The maximum Gasteiger partial charge on any atom is 0.134 e. The van der Waals surface area contributed by atoms with Gasteiger partial charge in [-0.15, -0.1) is 6.58 Å². The van der Waals surface area contributed by atoms with Gasteiger partial charge in [-0.3, -0.25) is 10.6 Å². The highest BCUT2D eigenvalue weighted by atomic mass is 16.3. The van der Waals surface area contributed by atoms with Crippen molar-refractivity contribution in [2.24, 2.45) is 0 Å². The molecule has 4 heteroatoms. The number of benzene rings is 2. The third kappa shape index (κ3) is 4.89. The SMILES string of the molecule is C=CCc1cc(-c2ccc3oc(C)cc3c2)c(O)c(C(NCCC)NCCC)c1. The zero-order valence-corrected chi connectivity index (χ0v) is 17.7. The molecule has 0 fully saturated rings. The van der Waals surface area contributed by atoms with Crippen LogP contribution in [0, 0.1) is 6.92 Å². The lowest BCUT2D eigenvalue weighted by Gasteiger charge is -2.23. The molecule has 0 atom stereocenters. The molecule has 0 spiro atoms. The Bertz CT molecular complexity index is 966. The van der Waals surface area contributed by atoms with E-state index in [0.717, 1.165) is 71.3 Å². The smallest absolute Gasteiger partial charge is 0.134 e. The number of allylic oxidation sites excluding steroid dienone is 1. The van der Waals surface area contributed by atoms with Gasteiger partial charge in [-0.05, 0) is 80.7 Å². The van der Waals surface area contributed by atoms with Gasteiger partial charge in [-0.25, -0.2) is 0 Å². The number of nitrogens with one attached hydrogen (secondary N) is 2. The molecule has 154 valence electrons. The predicted molar refractivity (Wildman–Crippen MR) is 121 cm³/mol. The number of phenolic OH excluding ortho intramolecular Hbond substituents is 1. The van der Waals surface area contributed by atoms with E-state index in [1.807, 2.05) is 31.2 Å². The Morgan fingerprint density at radius 3 is 2.45 bits per heavy atom. The van der Waals surface area contributed by atoms with Gasteiger partial charge < -0.3 is 9.52 Å². The average Bonchev–Trinajstić information content (AvgIpc) is 3.09. The quantitative estimate of drug-likeness (QED) is 0.300. The van der Waals surface area contributed by atoms with Crippen molar-refractivity contribution in [3.05, 3.63) is 65.9 Å². The van der Waals surface area contributed by atoms with E-state index in [1.54, 1.807) is 0 Å². The number of hydrogen-bond donors (Lipinski definition) is 3. The van der Waals surface area contributed by atoms with E-state index in [-0.39, 0.29) is 6.17 Å². The highest BCUT2D eigenvalue weighted by molar-refractivity contribution is 5.86. The highest BCUT2D eigenvalue weighted by Crippen LogP contribution is 2.38. The van der Waals surface area contributed by atoms with Crippen molar-refractivity contribution in [1.29, 1.82) is 0 Å². The molecule has 0 unspecified atom stereocenters. The fourth-order valence-electron chi connectivity index (χ4n) is 3.66. The van der Waals surface area contributed by atoms with Gasteiger partial charge in [0.25, 0.3) is 0 Å². The second-order valence-corrected chi connectivity index (χ2v) is 7.52. The molecule has 0 aliphatic rings. The number of fused-ring (bicyclic) bond motifs is 1. The molecule has 2 aromatic carbocycles. The van der Waals surface area contributed by atoms with E-state index in [0.29, 0.717) is 5.75 Å². The van der Waals surface area contributed by atoms with Crippen molar-refractivity contribution in [2.45, 2.75) is 46.2 Å². The fraction of sp³-hybridized carbons (Fsp3) is 0.360. The average molecular weight is 393 g/mol. The third-order valence-corrected chi connectivity index (χ3v) is 5.04. The summed E-state index contributed by atoms with van der Waals surface area (Å²) in [5.41, 5.74) is 4.69. The summed E-state index contributed by atoms with van der Waals surface area (Å²) in [6.45, 7) is 11.9. The first kappa shape index (κ1) is 21.2. The maximum atomic E-state index is 11.3. The minimum absolute atomic E-state index is 0.0988. The van der Waals surface area contributed by atoms with Gasteiger partial charge in [0.05, 0.1) is 6.17 Å². The van der Waals surface area contributed by atoms with Crippen LogP contribution in [-0.4, -0.2) is 18.2 Å². The monoisotopic (exact) mass is 392 g/mol. The maximum absolute atomic E-state index is 11.3. The summed E-state index contributed by atoms with van der Waals surface area (Å²) in [5, 5.41) is 19.4. The first-order chi connectivity index (χ1) is 14.1. The van der Waals surface area contributed by atoms with Gasteiger partial charge >= 0.3 is 0 Å². The van der Waals surface area contributed by atoms with Crippen molar-refractivity contribution in [3.63, 3.8) is 0 Å². The molecular weight excluding hydrogens is 360 g/mol. The normalized spacial score (nSPS) is 11.4. The van der Waals surface area contributed by atoms with E-state index in [4.69, 9.17) is 4.42 Å². The van der Waals surface area contributed by atoms with E-state index in [9.17, 15) is 5.11 Å². The van der Waals surface area contributed by atoms with Gasteiger partial charge in [-0.1, -0.05) is 26.0 Å². The van der Waals surface area contributed by atoms with E-state index in [1.165, 1.54) is 0 Å². The Morgan fingerprint density at radius 2 is 1.79 bits per heavy atom. The van der Waals surface area contributed by atoms with Crippen molar-refractivity contribution in [1.82, 2.24) is 10.6 Å². The molecule has 4 nitrogen and oxygen atoms in total. The van der Waals surface area contributed by atoms with Gasteiger partial charge in [0, 0.05) is 16.5 Å².